The van der Waals surface area contributed by atoms with Gasteiger partial charge in [0.05, 0.1) is 23.4 Å². The maximum absolute atomic E-state index is 13.4. The predicted octanol–water partition coefficient (Wildman–Crippen LogP) is 4.03. The molecule has 0 amide bonds. The number of hydrogen-bond donors (Lipinski definition) is 0. The van der Waals surface area contributed by atoms with Crippen LogP contribution in [0.15, 0.2) is 24.4 Å². The molecule has 0 aliphatic heterocycles. The predicted molar refractivity (Wildman–Crippen MR) is 73.1 cm³/mol. The summed E-state index contributed by atoms with van der Waals surface area (Å²) in [5, 5.41) is 8.81. The van der Waals surface area contributed by atoms with Crippen LogP contribution in [0, 0.1) is 17.1 Å². The van der Waals surface area contributed by atoms with Gasteiger partial charge in [-0.1, -0.05) is 0 Å². The van der Waals surface area contributed by atoms with Crippen LogP contribution >= 0.6 is 0 Å². The largest absolute Gasteiger partial charge is 0.455 e. The summed E-state index contributed by atoms with van der Waals surface area (Å²) >= 11 is 0. The molecular weight excluding hydrogens is 328 g/mol. The minimum atomic E-state index is -4.75. The van der Waals surface area contributed by atoms with Crippen molar-refractivity contribution in [3.8, 4) is 17.6 Å². The number of hydrogen-bond acceptors (Lipinski definition) is 4. The molecule has 0 unspecified atom stereocenters. The molecule has 4 nitrogen and oxygen atoms in total. The molecule has 8 heteroatoms. The molecule has 0 atom stereocenters. The van der Waals surface area contributed by atoms with E-state index in [2.05, 4.69) is 4.98 Å². The number of nitriles is 1. The van der Waals surface area contributed by atoms with Gasteiger partial charge in [0.15, 0.2) is 11.5 Å². The fraction of sp³-hybridized carbons (Fsp3) is 0.188. The van der Waals surface area contributed by atoms with Crippen molar-refractivity contribution < 1.29 is 27.1 Å². The molecule has 1 aliphatic carbocycles. The number of carbonyl (C=O) groups is 1. The highest BCUT2D eigenvalue weighted by Gasteiger charge is 2.41. The van der Waals surface area contributed by atoms with Crippen LogP contribution in [0.1, 0.15) is 33.6 Å². The summed E-state index contributed by atoms with van der Waals surface area (Å²) in [6.07, 6.45) is -3.89. The smallest absolute Gasteiger partial charge is 0.434 e. The van der Waals surface area contributed by atoms with E-state index in [1.807, 2.05) is 0 Å². The summed E-state index contributed by atoms with van der Waals surface area (Å²) in [6, 6.07) is 4.96. The number of fused-ring (bicyclic) bond motifs is 1. The summed E-state index contributed by atoms with van der Waals surface area (Å²) in [4.78, 5) is 15.1. The molecule has 0 bridgehead atoms. The number of carbonyl (C=O) groups excluding carboxylic acids is 1. The lowest BCUT2D eigenvalue weighted by molar-refractivity contribution is -0.141. The lowest BCUT2D eigenvalue weighted by Crippen LogP contribution is -2.14. The van der Waals surface area contributed by atoms with Crippen molar-refractivity contribution >= 4 is 5.78 Å². The van der Waals surface area contributed by atoms with Crippen molar-refractivity contribution in [3.63, 3.8) is 0 Å². The van der Waals surface area contributed by atoms with E-state index in [9.17, 15) is 22.4 Å². The van der Waals surface area contributed by atoms with Crippen LogP contribution in [-0.2, 0) is 12.6 Å². The van der Waals surface area contributed by atoms with Gasteiger partial charge in [-0.3, -0.25) is 4.79 Å². The quantitative estimate of drug-likeness (QED) is 0.777. The van der Waals surface area contributed by atoms with Gasteiger partial charge in [0.2, 0.25) is 0 Å². The zero-order valence-corrected chi connectivity index (χ0v) is 11.9. The average molecular weight is 336 g/mol. The second-order valence-electron chi connectivity index (χ2n) is 5.14. The highest BCUT2D eigenvalue weighted by molar-refractivity contribution is 6.02. The maximum Gasteiger partial charge on any atom is 0.434 e. The van der Waals surface area contributed by atoms with Crippen LogP contribution in [0.3, 0.4) is 0 Å². The molecule has 0 saturated heterocycles. The number of ether oxygens (including phenoxy) is 1. The van der Waals surface area contributed by atoms with Gasteiger partial charge in [0.1, 0.15) is 17.3 Å². The Balaban J connectivity index is 2.07. The topological polar surface area (TPSA) is 63.0 Å². The molecule has 3 rings (SSSR count). The van der Waals surface area contributed by atoms with Crippen molar-refractivity contribution in [2.75, 3.05) is 0 Å². The van der Waals surface area contributed by atoms with Gasteiger partial charge in [-0.25, -0.2) is 9.37 Å². The second-order valence-corrected chi connectivity index (χ2v) is 5.14. The van der Waals surface area contributed by atoms with E-state index in [0.29, 0.717) is 0 Å². The van der Waals surface area contributed by atoms with Gasteiger partial charge >= 0.3 is 6.18 Å². The molecule has 2 aromatic rings. The van der Waals surface area contributed by atoms with E-state index < -0.39 is 29.0 Å². The SMILES string of the molecule is N#Cc1cc(F)cc(Oc2cnc(C(F)(F)F)c3c2CCC3=O)c1. The van der Waals surface area contributed by atoms with Gasteiger partial charge < -0.3 is 4.74 Å². The number of ketones is 1. The Morgan fingerprint density at radius 2 is 1.96 bits per heavy atom. The van der Waals surface area contributed by atoms with Gasteiger partial charge in [-0.2, -0.15) is 18.4 Å². The van der Waals surface area contributed by atoms with Crippen LogP contribution in [0.4, 0.5) is 17.6 Å². The summed E-state index contributed by atoms with van der Waals surface area (Å²) in [7, 11) is 0. The number of rotatable bonds is 2. The molecule has 0 N–H and O–H groups in total. The van der Waals surface area contributed by atoms with Gasteiger partial charge in [0, 0.05) is 18.1 Å². The highest BCUT2D eigenvalue weighted by atomic mass is 19.4. The molecule has 0 radical (unpaired) electrons. The molecule has 122 valence electrons. The first-order valence-corrected chi connectivity index (χ1v) is 6.80. The average Bonchev–Trinajstić information content (AvgIpc) is 2.88. The Kier molecular flexibility index (Phi) is 3.72. The van der Waals surface area contributed by atoms with Crippen molar-refractivity contribution in [1.29, 1.82) is 5.26 Å². The molecule has 1 aromatic heterocycles. The molecule has 1 aromatic carbocycles. The molecule has 0 saturated carbocycles. The van der Waals surface area contributed by atoms with Crippen molar-refractivity contribution in [2.24, 2.45) is 0 Å². The number of Topliss-reactive ketones (excluding diaryl/α,β-unsaturated/α-hetero) is 1. The Morgan fingerprint density at radius 3 is 2.62 bits per heavy atom. The third kappa shape index (κ3) is 2.80. The minimum Gasteiger partial charge on any atom is -0.455 e. The van der Waals surface area contributed by atoms with E-state index in [-0.39, 0.29) is 35.5 Å². The molecule has 1 heterocycles. The van der Waals surface area contributed by atoms with E-state index in [1.165, 1.54) is 6.07 Å². The Labute approximate surface area is 133 Å². The van der Waals surface area contributed by atoms with Crippen LogP contribution in [-0.4, -0.2) is 10.8 Å². The number of alkyl halides is 3. The Morgan fingerprint density at radius 1 is 1.21 bits per heavy atom. The van der Waals surface area contributed by atoms with E-state index >= 15 is 0 Å². The summed E-state index contributed by atoms with van der Waals surface area (Å²) in [5.74, 6) is -1.50. The Hall–Kier alpha value is -2.95. The number of benzene rings is 1. The zero-order chi connectivity index (χ0) is 17.5. The zero-order valence-electron chi connectivity index (χ0n) is 11.9. The third-order valence-electron chi connectivity index (χ3n) is 3.52. The van der Waals surface area contributed by atoms with E-state index in [1.54, 1.807) is 6.07 Å². The first-order chi connectivity index (χ1) is 11.3. The molecular formula is C16H8F4N2O2. The first-order valence-electron chi connectivity index (χ1n) is 6.80. The van der Waals surface area contributed by atoms with E-state index in [0.717, 1.165) is 18.3 Å². The molecule has 24 heavy (non-hydrogen) atoms. The molecule has 0 fully saturated rings. The van der Waals surface area contributed by atoms with Crippen molar-refractivity contribution in [2.45, 2.75) is 19.0 Å². The summed E-state index contributed by atoms with van der Waals surface area (Å²) < 4.78 is 57.8. The summed E-state index contributed by atoms with van der Waals surface area (Å²) in [6.45, 7) is 0. The second kappa shape index (κ2) is 5.60. The monoisotopic (exact) mass is 336 g/mol. The fourth-order valence-corrected chi connectivity index (χ4v) is 2.56. The van der Waals surface area contributed by atoms with Gasteiger partial charge in [-0.15, -0.1) is 0 Å². The number of nitrogens with zero attached hydrogens (tertiary/aromatic N) is 2. The van der Waals surface area contributed by atoms with Gasteiger partial charge in [-0.05, 0) is 18.6 Å². The molecule has 0 spiro atoms. The lowest BCUT2D eigenvalue weighted by atomic mass is 10.1. The standard InChI is InChI=1S/C16H8F4N2O2/c17-9-3-8(6-21)4-10(5-9)24-13-7-22-15(16(18,19)20)14-11(13)1-2-12(14)23/h3-5,7H,1-2H2. The maximum atomic E-state index is 13.4. The number of halogens is 4. The minimum absolute atomic E-state index is 0.00223. The van der Waals surface area contributed by atoms with Crippen LogP contribution in [0.2, 0.25) is 0 Å². The van der Waals surface area contributed by atoms with Crippen molar-refractivity contribution in [3.05, 3.63) is 52.6 Å². The normalized spacial score (nSPS) is 13.5. The first kappa shape index (κ1) is 15.9. The highest BCUT2D eigenvalue weighted by Crippen LogP contribution is 2.40. The number of pyridine rings is 1. The fourth-order valence-electron chi connectivity index (χ4n) is 2.56. The number of aromatic nitrogens is 1. The lowest BCUT2D eigenvalue weighted by Gasteiger charge is -2.14. The Bertz CT molecular complexity index is 885. The van der Waals surface area contributed by atoms with Gasteiger partial charge in [0.25, 0.3) is 0 Å². The molecule has 1 aliphatic rings. The van der Waals surface area contributed by atoms with Crippen LogP contribution in [0.25, 0.3) is 0 Å². The van der Waals surface area contributed by atoms with Crippen LogP contribution in [0.5, 0.6) is 11.5 Å². The van der Waals surface area contributed by atoms with Crippen molar-refractivity contribution in [1.82, 2.24) is 4.98 Å². The van der Waals surface area contributed by atoms with E-state index in [4.69, 9.17) is 10.00 Å². The summed E-state index contributed by atoms with van der Waals surface area (Å²) in [5.41, 5.74) is -1.66. The van der Waals surface area contributed by atoms with Crippen LogP contribution < -0.4 is 4.74 Å². The third-order valence-corrected chi connectivity index (χ3v) is 3.52.